The van der Waals surface area contributed by atoms with Crippen molar-refractivity contribution in [3.05, 3.63) is 52.7 Å². The molecule has 0 bridgehead atoms. The molecule has 1 fully saturated rings. The molecule has 2 heterocycles. The molecule has 0 unspecified atom stereocenters. The summed E-state index contributed by atoms with van der Waals surface area (Å²) in [5.41, 5.74) is 1.67. The second kappa shape index (κ2) is 8.98. The van der Waals surface area contributed by atoms with Gasteiger partial charge in [-0.25, -0.2) is 4.68 Å². The quantitative estimate of drug-likeness (QED) is 0.763. The fourth-order valence-electron chi connectivity index (χ4n) is 4.30. The SMILES string of the molecule is C[C@@H]1[C@@H](C)C(C)(C)[C@@H](C)C[C@H]1Nc1cnn(CC(=O)NCc2ccncc2)c(=O)c1. The summed E-state index contributed by atoms with van der Waals surface area (Å²) >= 11 is 0. The highest BCUT2D eigenvalue weighted by Crippen LogP contribution is 2.47. The maximum atomic E-state index is 12.5. The normalized spacial score (nSPS) is 25.5. The van der Waals surface area contributed by atoms with Crippen LogP contribution in [0.4, 0.5) is 5.69 Å². The highest BCUT2D eigenvalue weighted by atomic mass is 16.2. The molecule has 3 rings (SSSR count). The minimum atomic E-state index is -0.288. The first kappa shape index (κ1) is 22.0. The molecule has 2 aromatic heterocycles. The van der Waals surface area contributed by atoms with Crippen LogP contribution in [0.25, 0.3) is 0 Å². The van der Waals surface area contributed by atoms with E-state index in [0.717, 1.165) is 12.0 Å². The first-order valence-corrected chi connectivity index (χ1v) is 10.7. The van der Waals surface area contributed by atoms with Gasteiger partial charge in [-0.05, 0) is 47.3 Å². The number of nitrogens with zero attached hydrogens (tertiary/aromatic N) is 3. The van der Waals surface area contributed by atoms with E-state index in [9.17, 15) is 9.59 Å². The smallest absolute Gasteiger partial charge is 0.269 e. The van der Waals surface area contributed by atoms with Crippen LogP contribution < -0.4 is 16.2 Å². The molecule has 0 spiro atoms. The molecule has 4 atom stereocenters. The van der Waals surface area contributed by atoms with E-state index in [0.29, 0.717) is 41.4 Å². The van der Waals surface area contributed by atoms with Gasteiger partial charge in [0.1, 0.15) is 6.54 Å². The molecule has 2 N–H and O–H groups in total. The Kier molecular flexibility index (Phi) is 6.58. The van der Waals surface area contributed by atoms with Crippen LogP contribution in [-0.4, -0.2) is 26.7 Å². The molecule has 2 aromatic rings. The summed E-state index contributed by atoms with van der Waals surface area (Å²) in [6.07, 6.45) is 6.04. The van der Waals surface area contributed by atoms with Crippen LogP contribution in [0, 0.1) is 23.2 Å². The molecule has 30 heavy (non-hydrogen) atoms. The van der Waals surface area contributed by atoms with E-state index in [4.69, 9.17) is 0 Å². The average Bonchev–Trinajstić information content (AvgIpc) is 2.72. The largest absolute Gasteiger partial charge is 0.381 e. The van der Waals surface area contributed by atoms with Crippen molar-refractivity contribution in [1.29, 1.82) is 0 Å². The fraction of sp³-hybridized carbons (Fsp3) is 0.565. The van der Waals surface area contributed by atoms with Gasteiger partial charge in [0.15, 0.2) is 0 Å². The van der Waals surface area contributed by atoms with Crippen LogP contribution in [0.2, 0.25) is 0 Å². The Hall–Kier alpha value is -2.70. The molecule has 1 amide bonds. The maximum absolute atomic E-state index is 12.5. The molecule has 0 aromatic carbocycles. The number of anilines is 1. The Labute approximate surface area is 178 Å². The average molecular weight is 412 g/mol. The van der Waals surface area contributed by atoms with Gasteiger partial charge in [0, 0.05) is 31.0 Å². The van der Waals surface area contributed by atoms with E-state index in [1.54, 1.807) is 18.6 Å². The Balaban J connectivity index is 1.60. The zero-order valence-corrected chi connectivity index (χ0v) is 18.6. The summed E-state index contributed by atoms with van der Waals surface area (Å²) in [5.74, 6) is 1.38. The summed E-state index contributed by atoms with van der Waals surface area (Å²) in [7, 11) is 0. The number of aromatic nitrogens is 3. The summed E-state index contributed by atoms with van der Waals surface area (Å²) in [6.45, 7) is 11.9. The van der Waals surface area contributed by atoms with Gasteiger partial charge in [-0.15, -0.1) is 0 Å². The van der Waals surface area contributed by atoms with Crippen molar-refractivity contribution in [2.24, 2.45) is 23.2 Å². The second-order valence-electron chi connectivity index (χ2n) is 9.23. The number of rotatable bonds is 6. The topological polar surface area (TPSA) is 88.9 Å². The Morgan fingerprint density at radius 3 is 2.60 bits per heavy atom. The maximum Gasteiger partial charge on any atom is 0.269 e. The lowest BCUT2D eigenvalue weighted by atomic mass is 9.58. The zero-order valence-electron chi connectivity index (χ0n) is 18.6. The Morgan fingerprint density at radius 2 is 1.93 bits per heavy atom. The number of carbonyl (C=O) groups excluding carboxylic acids is 1. The van der Waals surface area contributed by atoms with Gasteiger partial charge in [-0.3, -0.25) is 14.6 Å². The van der Waals surface area contributed by atoms with Crippen molar-refractivity contribution in [1.82, 2.24) is 20.1 Å². The fourth-order valence-corrected chi connectivity index (χ4v) is 4.30. The molecule has 1 aliphatic carbocycles. The van der Waals surface area contributed by atoms with Crippen LogP contribution in [0.3, 0.4) is 0 Å². The van der Waals surface area contributed by atoms with E-state index in [1.807, 2.05) is 12.1 Å². The molecule has 0 aliphatic heterocycles. The number of pyridine rings is 1. The third-order valence-electron chi connectivity index (χ3n) is 7.23. The van der Waals surface area contributed by atoms with Gasteiger partial charge in [-0.2, -0.15) is 5.10 Å². The molecule has 0 saturated heterocycles. The lowest BCUT2D eigenvalue weighted by Crippen LogP contribution is -2.48. The van der Waals surface area contributed by atoms with Gasteiger partial charge in [-0.1, -0.05) is 34.6 Å². The third kappa shape index (κ3) is 4.89. The molecule has 0 radical (unpaired) electrons. The highest BCUT2D eigenvalue weighted by Gasteiger charge is 2.43. The van der Waals surface area contributed by atoms with E-state index < -0.39 is 0 Å². The molecule has 1 aliphatic rings. The van der Waals surface area contributed by atoms with E-state index >= 15 is 0 Å². The number of nitrogens with one attached hydrogen (secondary N) is 2. The number of carbonyl (C=O) groups is 1. The van der Waals surface area contributed by atoms with Crippen LogP contribution >= 0.6 is 0 Å². The minimum Gasteiger partial charge on any atom is -0.381 e. The first-order chi connectivity index (χ1) is 14.2. The van der Waals surface area contributed by atoms with Crippen molar-refractivity contribution in [3.8, 4) is 0 Å². The highest BCUT2D eigenvalue weighted by molar-refractivity contribution is 5.75. The lowest BCUT2D eigenvalue weighted by molar-refractivity contribution is -0.122. The van der Waals surface area contributed by atoms with Gasteiger partial charge in [0.25, 0.3) is 5.56 Å². The molecule has 7 heteroatoms. The first-order valence-electron chi connectivity index (χ1n) is 10.7. The van der Waals surface area contributed by atoms with Crippen molar-refractivity contribution in [2.75, 3.05) is 5.32 Å². The summed E-state index contributed by atoms with van der Waals surface area (Å²) < 4.78 is 1.19. The standard InChI is InChI=1S/C23H33N5O2/c1-15-10-20(16(2)17(3)23(15,4)5)27-19-11-22(30)28(26-13-19)14-21(29)25-12-18-6-8-24-9-7-18/h6-9,11,13,15-17,20,27H,10,12,14H2,1-5H3,(H,25,29)/t15-,16+,17+,20+/m0/s1. The predicted octanol–water partition coefficient (Wildman–Crippen LogP) is 3.07. The van der Waals surface area contributed by atoms with Crippen molar-refractivity contribution < 1.29 is 4.79 Å². The monoisotopic (exact) mass is 411 g/mol. The summed E-state index contributed by atoms with van der Waals surface area (Å²) in [6, 6.07) is 5.49. The summed E-state index contributed by atoms with van der Waals surface area (Å²) in [4.78, 5) is 28.6. The van der Waals surface area contributed by atoms with Crippen LogP contribution in [0.1, 0.15) is 46.6 Å². The van der Waals surface area contributed by atoms with Gasteiger partial charge < -0.3 is 10.6 Å². The lowest BCUT2D eigenvalue weighted by Gasteiger charge is -2.50. The van der Waals surface area contributed by atoms with Gasteiger partial charge in [0.2, 0.25) is 5.91 Å². The molecule has 1 saturated carbocycles. The number of amides is 1. The minimum absolute atomic E-state index is 0.105. The second-order valence-corrected chi connectivity index (χ2v) is 9.23. The predicted molar refractivity (Wildman–Crippen MR) is 118 cm³/mol. The van der Waals surface area contributed by atoms with Gasteiger partial charge >= 0.3 is 0 Å². The Bertz CT molecular complexity index is 925. The van der Waals surface area contributed by atoms with Gasteiger partial charge in [0.05, 0.1) is 11.9 Å². The molecule has 162 valence electrons. The van der Waals surface area contributed by atoms with Crippen LogP contribution in [0.15, 0.2) is 41.6 Å². The molecule has 7 nitrogen and oxygen atoms in total. The zero-order chi connectivity index (χ0) is 21.9. The molecular weight excluding hydrogens is 378 g/mol. The molecular formula is C23H33N5O2. The van der Waals surface area contributed by atoms with Crippen molar-refractivity contribution >= 4 is 11.6 Å². The number of hydrogen-bond acceptors (Lipinski definition) is 5. The van der Waals surface area contributed by atoms with E-state index in [1.165, 1.54) is 10.7 Å². The van der Waals surface area contributed by atoms with E-state index in [-0.39, 0.29) is 18.0 Å². The van der Waals surface area contributed by atoms with Crippen LogP contribution in [-0.2, 0) is 17.9 Å². The summed E-state index contributed by atoms with van der Waals surface area (Å²) in [5, 5.41) is 10.5. The Morgan fingerprint density at radius 1 is 1.23 bits per heavy atom. The van der Waals surface area contributed by atoms with Crippen molar-refractivity contribution in [2.45, 2.75) is 60.2 Å². The van der Waals surface area contributed by atoms with Crippen LogP contribution in [0.5, 0.6) is 0 Å². The van der Waals surface area contributed by atoms with E-state index in [2.05, 4.69) is 55.3 Å². The van der Waals surface area contributed by atoms with Crippen molar-refractivity contribution in [3.63, 3.8) is 0 Å². The number of hydrogen-bond donors (Lipinski definition) is 2. The third-order valence-corrected chi connectivity index (χ3v) is 7.23.